The third-order valence-electron chi connectivity index (χ3n) is 6.70. The molecule has 2 aliphatic heterocycles. The molecule has 0 amide bonds. The summed E-state index contributed by atoms with van der Waals surface area (Å²) in [5, 5.41) is 10.2. The Bertz CT molecular complexity index is 930. The highest BCUT2D eigenvalue weighted by Crippen LogP contribution is 2.44. The lowest BCUT2D eigenvalue weighted by Crippen LogP contribution is -2.50. The fraction of sp³-hybridized carbons (Fsp3) is 0.478. The molecule has 2 atom stereocenters. The topological polar surface area (TPSA) is 60.9 Å². The number of sulfonamides is 1. The monoisotopic (exact) mass is 414 g/mol. The molecule has 0 bridgehead atoms. The van der Waals surface area contributed by atoms with Crippen molar-refractivity contribution in [2.45, 2.75) is 31.2 Å². The molecule has 0 saturated carbocycles. The normalized spacial score (nSPS) is 25.8. The molecule has 0 radical (unpaired) electrons. The molecule has 2 aromatic carbocycles. The summed E-state index contributed by atoms with van der Waals surface area (Å²) in [7, 11) is -3.50. The molecule has 0 aliphatic carbocycles. The molecule has 2 aliphatic rings. The SMILES string of the molecule is CCc1ccc(S(=O)(=O)N2CC[C@@]3(CO)CN(Cc4ccccc4)C[C@H]3C2)cc1. The zero-order valence-electron chi connectivity index (χ0n) is 17.0. The molecule has 2 aromatic rings. The molecule has 2 heterocycles. The molecule has 0 unspecified atom stereocenters. The van der Waals surface area contributed by atoms with E-state index in [-0.39, 0.29) is 17.9 Å². The number of benzene rings is 2. The largest absolute Gasteiger partial charge is 0.396 e. The van der Waals surface area contributed by atoms with Crippen LogP contribution in [-0.2, 0) is 23.0 Å². The lowest BCUT2D eigenvalue weighted by Gasteiger charge is -2.41. The first-order valence-corrected chi connectivity index (χ1v) is 11.9. The molecule has 156 valence electrons. The molecular weight excluding hydrogens is 384 g/mol. The fourth-order valence-electron chi connectivity index (χ4n) is 4.85. The average Bonchev–Trinajstić information content (AvgIpc) is 3.12. The maximum atomic E-state index is 13.2. The van der Waals surface area contributed by atoms with Crippen LogP contribution in [0.4, 0.5) is 0 Å². The predicted molar refractivity (Wildman–Crippen MR) is 114 cm³/mol. The van der Waals surface area contributed by atoms with Crippen molar-refractivity contribution in [2.24, 2.45) is 11.3 Å². The number of aliphatic hydroxyl groups is 1. The molecule has 2 saturated heterocycles. The Morgan fingerprint density at radius 1 is 1.03 bits per heavy atom. The number of hydrogen-bond acceptors (Lipinski definition) is 4. The second-order valence-electron chi connectivity index (χ2n) is 8.48. The Hall–Kier alpha value is -1.73. The van der Waals surface area contributed by atoms with E-state index in [0.29, 0.717) is 24.4 Å². The second-order valence-corrected chi connectivity index (χ2v) is 10.4. The summed E-state index contributed by atoms with van der Waals surface area (Å²) >= 11 is 0. The van der Waals surface area contributed by atoms with E-state index in [9.17, 15) is 13.5 Å². The molecule has 6 heteroatoms. The number of nitrogens with zero attached hydrogens (tertiary/aromatic N) is 2. The van der Waals surface area contributed by atoms with Crippen LogP contribution in [0.25, 0.3) is 0 Å². The lowest BCUT2D eigenvalue weighted by atomic mass is 9.74. The van der Waals surface area contributed by atoms with E-state index in [1.54, 1.807) is 16.4 Å². The van der Waals surface area contributed by atoms with Gasteiger partial charge < -0.3 is 5.11 Å². The molecule has 5 nitrogen and oxygen atoms in total. The van der Waals surface area contributed by atoms with Crippen molar-refractivity contribution in [1.82, 2.24) is 9.21 Å². The summed E-state index contributed by atoms with van der Waals surface area (Å²) in [5.74, 6) is 0.148. The summed E-state index contributed by atoms with van der Waals surface area (Å²) in [6, 6.07) is 17.6. The van der Waals surface area contributed by atoms with Crippen LogP contribution in [0.1, 0.15) is 24.5 Å². The number of fused-ring (bicyclic) bond motifs is 1. The Morgan fingerprint density at radius 2 is 1.76 bits per heavy atom. The van der Waals surface area contributed by atoms with Gasteiger partial charge in [-0.15, -0.1) is 0 Å². The highest BCUT2D eigenvalue weighted by Gasteiger charge is 2.50. The summed E-state index contributed by atoms with van der Waals surface area (Å²) in [6.07, 6.45) is 1.59. The Morgan fingerprint density at radius 3 is 2.41 bits per heavy atom. The molecule has 2 fully saturated rings. The first-order chi connectivity index (χ1) is 14.0. The van der Waals surface area contributed by atoms with Gasteiger partial charge in [-0.3, -0.25) is 4.90 Å². The van der Waals surface area contributed by atoms with Crippen LogP contribution in [0.3, 0.4) is 0 Å². The van der Waals surface area contributed by atoms with Gasteiger partial charge in [0.15, 0.2) is 0 Å². The smallest absolute Gasteiger partial charge is 0.243 e. The van der Waals surface area contributed by atoms with Crippen molar-refractivity contribution in [2.75, 3.05) is 32.8 Å². The van der Waals surface area contributed by atoms with Gasteiger partial charge >= 0.3 is 0 Å². The summed E-state index contributed by atoms with van der Waals surface area (Å²) in [6.45, 7) is 5.59. The second kappa shape index (κ2) is 8.19. The standard InChI is InChI=1S/C23H30N2O3S/c1-2-19-8-10-22(11-9-19)29(27,28)25-13-12-23(18-26)17-24(15-21(23)16-25)14-20-6-4-3-5-7-20/h3-11,21,26H,2,12-18H2,1H3/t21-,23-/m0/s1. The third kappa shape index (κ3) is 3.99. The zero-order valence-corrected chi connectivity index (χ0v) is 17.8. The molecule has 0 spiro atoms. The first-order valence-electron chi connectivity index (χ1n) is 10.4. The van der Waals surface area contributed by atoms with E-state index in [0.717, 1.165) is 31.6 Å². The first kappa shape index (κ1) is 20.5. The number of aryl methyl sites for hydroxylation is 1. The van der Waals surface area contributed by atoms with Crippen molar-refractivity contribution >= 4 is 10.0 Å². The molecule has 1 N–H and O–H groups in total. The fourth-order valence-corrected chi connectivity index (χ4v) is 6.33. The predicted octanol–water partition coefficient (Wildman–Crippen LogP) is 2.75. The maximum Gasteiger partial charge on any atom is 0.243 e. The van der Waals surface area contributed by atoms with Gasteiger partial charge in [0, 0.05) is 38.1 Å². The zero-order chi connectivity index (χ0) is 20.5. The van der Waals surface area contributed by atoms with E-state index in [1.165, 1.54) is 5.56 Å². The van der Waals surface area contributed by atoms with Crippen molar-refractivity contribution in [3.05, 3.63) is 65.7 Å². The van der Waals surface area contributed by atoms with Gasteiger partial charge in [0.2, 0.25) is 10.0 Å². The van der Waals surface area contributed by atoms with Crippen LogP contribution < -0.4 is 0 Å². The lowest BCUT2D eigenvalue weighted by molar-refractivity contribution is 0.0436. The van der Waals surface area contributed by atoms with E-state index in [2.05, 4.69) is 24.0 Å². The number of piperidine rings is 1. The van der Waals surface area contributed by atoms with Crippen LogP contribution >= 0.6 is 0 Å². The number of aliphatic hydroxyl groups excluding tert-OH is 1. The summed E-state index contributed by atoms with van der Waals surface area (Å²) in [5.41, 5.74) is 2.18. The van der Waals surface area contributed by atoms with Crippen LogP contribution in [0.2, 0.25) is 0 Å². The van der Waals surface area contributed by atoms with Gasteiger partial charge in [-0.05, 0) is 42.0 Å². The molecule has 0 aromatic heterocycles. The van der Waals surface area contributed by atoms with Crippen LogP contribution in [-0.4, -0.2) is 55.5 Å². The number of rotatable bonds is 6. The van der Waals surface area contributed by atoms with E-state index in [1.807, 2.05) is 30.3 Å². The van der Waals surface area contributed by atoms with Crippen LogP contribution in [0.15, 0.2) is 59.5 Å². The quantitative estimate of drug-likeness (QED) is 0.790. The molecular formula is C23H30N2O3S. The van der Waals surface area contributed by atoms with Gasteiger partial charge in [0.1, 0.15) is 0 Å². The van der Waals surface area contributed by atoms with Crippen molar-refractivity contribution < 1.29 is 13.5 Å². The van der Waals surface area contributed by atoms with E-state index >= 15 is 0 Å². The minimum atomic E-state index is -3.50. The highest BCUT2D eigenvalue weighted by molar-refractivity contribution is 7.89. The van der Waals surface area contributed by atoms with E-state index in [4.69, 9.17) is 0 Å². The number of likely N-dealkylation sites (tertiary alicyclic amines) is 1. The van der Waals surface area contributed by atoms with Gasteiger partial charge in [0.05, 0.1) is 11.5 Å². The average molecular weight is 415 g/mol. The van der Waals surface area contributed by atoms with Gasteiger partial charge in [0.25, 0.3) is 0 Å². The van der Waals surface area contributed by atoms with Crippen LogP contribution in [0.5, 0.6) is 0 Å². The minimum absolute atomic E-state index is 0.113. The molecule has 29 heavy (non-hydrogen) atoms. The van der Waals surface area contributed by atoms with Gasteiger partial charge in [-0.1, -0.05) is 49.4 Å². The van der Waals surface area contributed by atoms with Gasteiger partial charge in [-0.2, -0.15) is 4.31 Å². The Kier molecular flexibility index (Phi) is 5.80. The Labute approximate surface area is 174 Å². The number of hydrogen-bond donors (Lipinski definition) is 1. The Balaban J connectivity index is 1.50. The highest BCUT2D eigenvalue weighted by atomic mass is 32.2. The summed E-state index contributed by atoms with van der Waals surface area (Å²) in [4.78, 5) is 2.73. The van der Waals surface area contributed by atoms with Crippen LogP contribution in [0, 0.1) is 11.3 Å². The van der Waals surface area contributed by atoms with Crippen molar-refractivity contribution in [3.63, 3.8) is 0 Å². The van der Waals surface area contributed by atoms with E-state index < -0.39 is 10.0 Å². The van der Waals surface area contributed by atoms with Gasteiger partial charge in [-0.25, -0.2) is 8.42 Å². The molecule has 4 rings (SSSR count). The third-order valence-corrected chi connectivity index (χ3v) is 8.58. The van der Waals surface area contributed by atoms with Crippen molar-refractivity contribution in [3.8, 4) is 0 Å². The minimum Gasteiger partial charge on any atom is -0.396 e. The summed E-state index contributed by atoms with van der Waals surface area (Å²) < 4.78 is 28.0. The van der Waals surface area contributed by atoms with Crippen molar-refractivity contribution in [1.29, 1.82) is 0 Å². The maximum absolute atomic E-state index is 13.2.